The maximum absolute atomic E-state index is 12.3. The molecule has 2 heterocycles. The van der Waals surface area contributed by atoms with E-state index >= 15 is 0 Å². The Kier molecular flexibility index (Phi) is 4.62. The number of hydrogen-bond acceptors (Lipinski definition) is 4. The van der Waals surface area contributed by atoms with Crippen LogP contribution in [0.15, 0.2) is 23.0 Å². The third-order valence-corrected chi connectivity index (χ3v) is 3.14. The first-order valence-corrected chi connectivity index (χ1v) is 6.41. The van der Waals surface area contributed by atoms with Crippen LogP contribution in [0.5, 0.6) is 0 Å². The maximum atomic E-state index is 12.3. The summed E-state index contributed by atoms with van der Waals surface area (Å²) in [5, 5.41) is 8.77. The average molecular weight is 282 g/mol. The summed E-state index contributed by atoms with van der Waals surface area (Å²) in [7, 11) is 1.71. The van der Waals surface area contributed by atoms with Gasteiger partial charge in [-0.1, -0.05) is 0 Å². The minimum atomic E-state index is -0.920. The van der Waals surface area contributed by atoms with E-state index in [0.717, 1.165) is 5.56 Å². The second kappa shape index (κ2) is 6.42. The molecule has 1 atom stereocenters. The molecule has 2 rings (SSSR count). The molecule has 1 saturated heterocycles. The number of hydrogen-bond donors (Lipinski definition) is 1. The zero-order valence-electron chi connectivity index (χ0n) is 11.3. The van der Waals surface area contributed by atoms with E-state index in [-0.39, 0.29) is 12.5 Å². The van der Waals surface area contributed by atoms with E-state index in [4.69, 9.17) is 14.3 Å². The zero-order valence-corrected chi connectivity index (χ0v) is 11.3. The number of ether oxygens (including phenoxy) is 1. The second-order valence-corrected chi connectivity index (χ2v) is 4.81. The topological polar surface area (TPSA) is 83.2 Å². The number of carboxylic acid groups (broad SMARTS) is 1. The second-order valence-electron chi connectivity index (χ2n) is 4.81. The smallest absolute Gasteiger partial charge is 0.320 e. The van der Waals surface area contributed by atoms with Gasteiger partial charge in [0.15, 0.2) is 0 Å². The molecule has 0 aromatic carbocycles. The third-order valence-electron chi connectivity index (χ3n) is 3.14. The van der Waals surface area contributed by atoms with Gasteiger partial charge in [-0.3, -0.25) is 4.79 Å². The predicted molar refractivity (Wildman–Crippen MR) is 69.1 cm³/mol. The summed E-state index contributed by atoms with van der Waals surface area (Å²) < 4.78 is 10.3. The molecule has 0 aliphatic carbocycles. The van der Waals surface area contributed by atoms with Crippen molar-refractivity contribution in [3.05, 3.63) is 24.2 Å². The fourth-order valence-corrected chi connectivity index (χ4v) is 2.18. The monoisotopic (exact) mass is 282 g/mol. The van der Waals surface area contributed by atoms with Gasteiger partial charge in [0.05, 0.1) is 38.2 Å². The van der Waals surface area contributed by atoms with Crippen LogP contribution in [-0.4, -0.2) is 59.8 Å². The lowest BCUT2D eigenvalue weighted by Crippen LogP contribution is -2.50. The number of amides is 2. The molecule has 1 aromatic heterocycles. The Labute approximate surface area is 116 Å². The standard InChI is InChI=1S/C13H18N2O5/c1-14(7-10-2-4-19-9-10)13(18)15-3-5-20-11(8-15)6-12(16)17/h2,4,9,11H,3,5-8H2,1H3,(H,16,17). The fourth-order valence-electron chi connectivity index (χ4n) is 2.18. The van der Waals surface area contributed by atoms with Gasteiger partial charge in [-0.2, -0.15) is 0 Å². The fraction of sp³-hybridized carbons (Fsp3) is 0.538. The van der Waals surface area contributed by atoms with Crippen LogP contribution >= 0.6 is 0 Å². The first-order chi connectivity index (χ1) is 9.56. The molecule has 1 fully saturated rings. The molecular formula is C13H18N2O5. The van der Waals surface area contributed by atoms with Crippen LogP contribution in [0, 0.1) is 0 Å². The molecule has 7 heteroatoms. The molecule has 1 aromatic rings. The summed E-state index contributed by atoms with van der Waals surface area (Å²) in [5.74, 6) is -0.920. The lowest BCUT2D eigenvalue weighted by atomic mass is 10.2. The number of nitrogens with zero attached hydrogens (tertiary/aromatic N) is 2. The number of aliphatic carboxylic acids is 1. The molecule has 0 saturated carbocycles. The van der Waals surface area contributed by atoms with Gasteiger partial charge >= 0.3 is 12.0 Å². The zero-order chi connectivity index (χ0) is 14.5. The summed E-state index contributed by atoms with van der Waals surface area (Å²) >= 11 is 0. The maximum Gasteiger partial charge on any atom is 0.320 e. The van der Waals surface area contributed by atoms with Crippen LogP contribution < -0.4 is 0 Å². The summed E-state index contributed by atoms with van der Waals surface area (Å²) in [4.78, 5) is 26.2. The van der Waals surface area contributed by atoms with Gasteiger partial charge in [0, 0.05) is 25.7 Å². The molecule has 1 unspecified atom stereocenters. The Hall–Kier alpha value is -2.02. The third kappa shape index (κ3) is 3.74. The van der Waals surface area contributed by atoms with E-state index < -0.39 is 12.1 Å². The molecular weight excluding hydrogens is 264 g/mol. The normalized spacial score (nSPS) is 18.9. The van der Waals surface area contributed by atoms with Crippen molar-refractivity contribution >= 4 is 12.0 Å². The van der Waals surface area contributed by atoms with E-state index in [0.29, 0.717) is 26.2 Å². The van der Waals surface area contributed by atoms with Crippen molar-refractivity contribution in [2.45, 2.75) is 19.1 Å². The first-order valence-electron chi connectivity index (χ1n) is 6.41. The summed E-state index contributed by atoms with van der Waals surface area (Å²) in [6, 6.07) is 1.67. The van der Waals surface area contributed by atoms with Gasteiger partial charge in [0.25, 0.3) is 0 Å². The van der Waals surface area contributed by atoms with Crippen molar-refractivity contribution in [3.63, 3.8) is 0 Å². The molecule has 1 aliphatic heterocycles. The number of carboxylic acids is 1. The van der Waals surface area contributed by atoms with Crippen molar-refractivity contribution < 1.29 is 23.8 Å². The Morgan fingerprint density at radius 3 is 3.00 bits per heavy atom. The van der Waals surface area contributed by atoms with E-state index in [1.807, 2.05) is 0 Å². The van der Waals surface area contributed by atoms with E-state index in [1.54, 1.807) is 35.4 Å². The SMILES string of the molecule is CN(Cc1ccoc1)C(=O)N1CCOC(CC(=O)O)C1. The van der Waals surface area contributed by atoms with E-state index in [2.05, 4.69) is 0 Å². The van der Waals surface area contributed by atoms with Crippen molar-refractivity contribution in [2.24, 2.45) is 0 Å². The molecule has 0 bridgehead atoms. The Morgan fingerprint density at radius 1 is 1.55 bits per heavy atom. The number of furan rings is 1. The van der Waals surface area contributed by atoms with Gasteiger partial charge in [-0.15, -0.1) is 0 Å². The summed E-state index contributed by atoms with van der Waals surface area (Å²) in [6.07, 6.45) is 2.63. The Morgan fingerprint density at radius 2 is 2.35 bits per heavy atom. The highest BCUT2D eigenvalue weighted by Gasteiger charge is 2.27. The average Bonchev–Trinajstić information content (AvgIpc) is 2.90. The highest BCUT2D eigenvalue weighted by atomic mass is 16.5. The molecule has 1 aliphatic rings. The largest absolute Gasteiger partial charge is 0.481 e. The lowest BCUT2D eigenvalue weighted by Gasteiger charge is -2.34. The van der Waals surface area contributed by atoms with Crippen LogP contribution in [0.1, 0.15) is 12.0 Å². The van der Waals surface area contributed by atoms with Crippen LogP contribution in [0.4, 0.5) is 4.79 Å². The number of morpholine rings is 1. The molecule has 1 N–H and O–H groups in total. The van der Waals surface area contributed by atoms with Gasteiger partial charge in [0.2, 0.25) is 0 Å². The summed E-state index contributed by atoms with van der Waals surface area (Å²) in [5.41, 5.74) is 0.913. The van der Waals surface area contributed by atoms with Crippen LogP contribution in [0.3, 0.4) is 0 Å². The first kappa shape index (κ1) is 14.4. The van der Waals surface area contributed by atoms with Crippen molar-refractivity contribution in [3.8, 4) is 0 Å². The van der Waals surface area contributed by atoms with Crippen LogP contribution in [0.25, 0.3) is 0 Å². The molecule has 0 spiro atoms. The van der Waals surface area contributed by atoms with Crippen LogP contribution in [-0.2, 0) is 16.1 Å². The van der Waals surface area contributed by atoms with Crippen LogP contribution in [0.2, 0.25) is 0 Å². The Bertz CT molecular complexity index is 459. The quantitative estimate of drug-likeness (QED) is 0.891. The minimum absolute atomic E-state index is 0.0881. The predicted octanol–water partition coefficient (Wildman–Crippen LogP) is 1.01. The molecule has 20 heavy (non-hydrogen) atoms. The van der Waals surface area contributed by atoms with E-state index in [1.165, 1.54) is 0 Å². The lowest BCUT2D eigenvalue weighted by molar-refractivity contribution is -0.141. The number of carbonyl (C=O) groups excluding carboxylic acids is 1. The van der Waals surface area contributed by atoms with Crippen molar-refractivity contribution in [1.29, 1.82) is 0 Å². The van der Waals surface area contributed by atoms with Gasteiger partial charge < -0.3 is 24.1 Å². The van der Waals surface area contributed by atoms with Crippen molar-refractivity contribution in [1.82, 2.24) is 9.80 Å². The number of carbonyl (C=O) groups is 2. The number of urea groups is 1. The van der Waals surface area contributed by atoms with Crippen molar-refractivity contribution in [2.75, 3.05) is 26.7 Å². The highest BCUT2D eigenvalue weighted by molar-refractivity contribution is 5.74. The molecule has 2 amide bonds. The molecule has 110 valence electrons. The van der Waals surface area contributed by atoms with Gasteiger partial charge in [-0.05, 0) is 6.07 Å². The minimum Gasteiger partial charge on any atom is -0.481 e. The highest BCUT2D eigenvalue weighted by Crippen LogP contribution is 2.12. The summed E-state index contributed by atoms with van der Waals surface area (Å²) in [6.45, 7) is 1.60. The van der Waals surface area contributed by atoms with Gasteiger partial charge in [-0.25, -0.2) is 4.79 Å². The molecule has 7 nitrogen and oxygen atoms in total. The Balaban J connectivity index is 1.89. The number of rotatable bonds is 4. The molecule has 0 radical (unpaired) electrons. The van der Waals surface area contributed by atoms with E-state index in [9.17, 15) is 9.59 Å². The van der Waals surface area contributed by atoms with Gasteiger partial charge in [0.1, 0.15) is 0 Å².